The molecule has 13 heavy (non-hydrogen) atoms. The van der Waals surface area contributed by atoms with E-state index < -0.39 is 4.92 Å². The molecule has 0 aromatic heterocycles. The Balaban J connectivity index is 0. The third-order valence-electron chi connectivity index (χ3n) is 1.21. The average Bonchev–Trinajstić information content (AvgIpc) is 2.08. The van der Waals surface area contributed by atoms with Gasteiger partial charge in [0.15, 0.2) is 0 Å². The Bertz CT molecular complexity index is 241. The van der Waals surface area contributed by atoms with Crippen LogP contribution in [-0.4, -0.2) is 10.0 Å². The van der Waals surface area contributed by atoms with Gasteiger partial charge in [0, 0.05) is 6.08 Å². The van der Waals surface area contributed by atoms with Crippen LogP contribution in [0.2, 0.25) is 0 Å². The first-order valence-electron chi connectivity index (χ1n) is 3.86. The first-order valence-corrected chi connectivity index (χ1v) is 3.86. The molecule has 0 aliphatic heterocycles. The molecule has 0 aliphatic carbocycles. The number of hydrogen-bond donors (Lipinski definition) is 1. The molecule has 4 heteroatoms. The Morgan fingerprint density at radius 3 is 2.00 bits per heavy atom. The lowest BCUT2D eigenvalue weighted by Gasteiger charge is -1.96. The van der Waals surface area contributed by atoms with Gasteiger partial charge in [0.1, 0.15) is 5.76 Å². The van der Waals surface area contributed by atoms with Gasteiger partial charge in [0.25, 0.3) is 5.70 Å². The molecule has 0 aromatic carbocycles. The van der Waals surface area contributed by atoms with E-state index >= 15 is 0 Å². The number of nitrogens with zero attached hydrogens (tertiary/aromatic N) is 1. The molecule has 0 saturated carbocycles. The number of aliphatic hydroxyl groups excluding tert-OH is 1. The molecular weight excluding hydrogens is 170 g/mol. The van der Waals surface area contributed by atoms with Gasteiger partial charge in [-0.25, -0.2) is 0 Å². The van der Waals surface area contributed by atoms with Crippen LogP contribution in [0.4, 0.5) is 0 Å². The van der Waals surface area contributed by atoms with Gasteiger partial charge in [0.05, 0.1) is 10.5 Å². The molecule has 0 amide bonds. The first kappa shape index (κ1) is 14.0. The van der Waals surface area contributed by atoms with Crippen LogP contribution >= 0.6 is 0 Å². The highest BCUT2D eigenvalue weighted by Crippen LogP contribution is 2.11. The van der Waals surface area contributed by atoms with E-state index in [0.29, 0.717) is 0 Å². The Hall–Kier alpha value is -1.58. The summed E-state index contributed by atoms with van der Waals surface area (Å²) in [7, 11) is 0. The molecule has 0 bridgehead atoms. The second-order valence-corrected chi connectivity index (χ2v) is 1.92. The fourth-order valence-electron chi connectivity index (χ4n) is 0.512. The van der Waals surface area contributed by atoms with Crippen molar-refractivity contribution in [2.75, 3.05) is 0 Å². The van der Waals surface area contributed by atoms with Crippen molar-refractivity contribution >= 4 is 0 Å². The predicted octanol–water partition coefficient (Wildman–Crippen LogP) is 2.82. The van der Waals surface area contributed by atoms with Crippen LogP contribution in [0.5, 0.6) is 0 Å². The second-order valence-electron chi connectivity index (χ2n) is 1.92. The smallest absolute Gasteiger partial charge is 0.275 e. The highest BCUT2D eigenvalue weighted by Gasteiger charge is 2.11. The van der Waals surface area contributed by atoms with E-state index in [4.69, 9.17) is 5.11 Å². The fraction of sp³-hybridized carbons (Fsp3) is 0.333. The van der Waals surface area contributed by atoms with Crippen LogP contribution in [0.3, 0.4) is 0 Å². The van der Waals surface area contributed by atoms with Gasteiger partial charge < -0.3 is 5.11 Å². The van der Waals surface area contributed by atoms with E-state index in [1.165, 1.54) is 6.92 Å². The molecule has 0 spiro atoms. The summed E-state index contributed by atoms with van der Waals surface area (Å²) in [6, 6.07) is 0. The third-order valence-corrected chi connectivity index (χ3v) is 1.21. The number of rotatable bonds is 3. The molecule has 0 saturated heterocycles. The maximum atomic E-state index is 10.2. The fourth-order valence-corrected chi connectivity index (χ4v) is 0.512. The summed E-state index contributed by atoms with van der Waals surface area (Å²) in [6.07, 6.45) is 1.07. The van der Waals surface area contributed by atoms with Crippen molar-refractivity contribution in [1.82, 2.24) is 0 Å². The minimum Gasteiger partial charge on any atom is -0.508 e. The lowest BCUT2D eigenvalue weighted by Crippen LogP contribution is -1.99. The Labute approximate surface area is 78.0 Å². The quantitative estimate of drug-likeness (QED) is 0.318. The highest BCUT2D eigenvalue weighted by atomic mass is 16.6. The molecule has 74 valence electrons. The SMILES string of the molecule is C=C/C(=C(/C)C(=C)O)[N+](=O)[O-].CC. The highest BCUT2D eigenvalue weighted by molar-refractivity contribution is 5.27. The van der Waals surface area contributed by atoms with Gasteiger partial charge in [-0.3, -0.25) is 10.1 Å². The summed E-state index contributed by atoms with van der Waals surface area (Å²) < 4.78 is 0. The molecule has 0 aliphatic rings. The maximum Gasteiger partial charge on any atom is 0.275 e. The van der Waals surface area contributed by atoms with E-state index in [1.54, 1.807) is 0 Å². The van der Waals surface area contributed by atoms with Gasteiger partial charge in [0.2, 0.25) is 0 Å². The molecular formula is C9H15NO3. The van der Waals surface area contributed by atoms with Crippen molar-refractivity contribution in [3.63, 3.8) is 0 Å². The van der Waals surface area contributed by atoms with E-state index in [-0.39, 0.29) is 17.0 Å². The molecule has 0 unspecified atom stereocenters. The number of aliphatic hydroxyl groups is 1. The Kier molecular flexibility index (Phi) is 7.62. The van der Waals surface area contributed by atoms with Crippen LogP contribution in [0, 0.1) is 10.1 Å². The standard InChI is InChI=1S/C7H9NO3.C2H6/c1-4-7(8(10)11)5(2)6(3)9;1-2/h4,9H,1,3H2,2H3;1-2H3/b7-5+;. The van der Waals surface area contributed by atoms with Crippen LogP contribution in [0.1, 0.15) is 20.8 Å². The molecule has 0 radical (unpaired) electrons. The molecule has 0 rings (SSSR count). The van der Waals surface area contributed by atoms with Gasteiger partial charge in [-0.1, -0.05) is 27.0 Å². The molecule has 4 nitrogen and oxygen atoms in total. The Morgan fingerprint density at radius 2 is 1.92 bits per heavy atom. The van der Waals surface area contributed by atoms with Crippen LogP contribution in [-0.2, 0) is 0 Å². The number of nitro groups is 1. The molecule has 1 N–H and O–H groups in total. The molecule has 0 aromatic rings. The monoisotopic (exact) mass is 185 g/mol. The zero-order valence-corrected chi connectivity index (χ0v) is 8.20. The average molecular weight is 185 g/mol. The van der Waals surface area contributed by atoms with Crippen molar-refractivity contribution in [1.29, 1.82) is 0 Å². The largest absolute Gasteiger partial charge is 0.508 e. The minimum absolute atomic E-state index is 0.130. The lowest BCUT2D eigenvalue weighted by atomic mass is 10.2. The van der Waals surface area contributed by atoms with Gasteiger partial charge >= 0.3 is 0 Å². The summed E-state index contributed by atoms with van der Waals surface area (Å²) in [5.74, 6) is -0.309. The summed E-state index contributed by atoms with van der Waals surface area (Å²) in [4.78, 5) is 9.58. The van der Waals surface area contributed by atoms with Crippen molar-refractivity contribution in [2.24, 2.45) is 0 Å². The second kappa shape index (κ2) is 7.09. The van der Waals surface area contributed by atoms with Crippen LogP contribution in [0.25, 0.3) is 0 Å². The van der Waals surface area contributed by atoms with Gasteiger partial charge in [-0.2, -0.15) is 0 Å². The van der Waals surface area contributed by atoms with Gasteiger partial charge in [-0.05, 0) is 6.92 Å². The van der Waals surface area contributed by atoms with Gasteiger partial charge in [-0.15, -0.1) is 0 Å². The van der Waals surface area contributed by atoms with E-state index in [9.17, 15) is 10.1 Å². The summed E-state index contributed by atoms with van der Waals surface area (Å²) in [5, 5.41) is 19.0. The van der Waals surface area contributed by atoms with Crippen molar-refractivity contribution in [3.05, 3.63) is 46.4 Å². The third kappa shape index (κ3) is 4.79. The van der Waals surface area contributed by atoms with Crippen molar-refractivity contribution in [3.8, 4) is 0 Å². The van der Waals surface area contributed by atoms with E-state index in [1.807, 2.05) is 13.8 Å². The number of hydrogen-bond acceptors (Lipinski definition) is 3. The van der Waals surface area contributed by atoms with E-state index in [2.05, 4.69) is 13.2 Å². The van der Waals surface area contributed by atoms with Crippen molar-refractivity contribution < 1.29 is 10.0 Å². The summed E-state index contributed by atoms with van der Waals surface area (Å²) in [5.41, 5.74) is -0.0949. The summed E-state index contributed by atoms with van der Waals surface area (Å²) >= 11 is 0. The van der Waals surface area contributed by atoms with E-state index in [0.717, 1.165) is 6.08 Å². The Morgan fingerprint density at radius 1 is 1.54 bits per heavy atom. The minimum atomic E-state index is -0.621. The summed E-state index contributed by atoms with van der Waals surface area (Å²) in [6.45, 7) is 11.8. The van der Waals surface area contributed by atoms with Crippen LogP contribution in [0.15, 0.2) is 36.3 Å². The molecule has 0 heterocycles. The number of allylic oxidation sites excluding steroid dienone is 2. The van der Waals surface area contributed by atoms with Crippen LogP contribution < -0.4 is 0 Å². The topological polar surface area (TPSA) is 63.4 Å². The predicted molar refractivity (Wildman–Crippen MR) is 53.0 cm³/mol. The zero-order valence-electron chi connectivity index (χ0n) is 8.20. The zero-order chi connectivity index (χ0) is 11.0. The molecule has 0 atom stereocenters. The first-order chi connectivity index (χ1) is 6.00. The lowest BCUT2D eigenvalue weighted by molar-refractivity contribution is -0.420. The molecule has 0 fully saturated rings. The maximum absolute atomic E-state index is 10.2. The normalized spacial score (nSPS) is 10.4. The van der Waals surface area contributed by atoms with Crippen molar-refractivity contribution in [2.45, 2.75) is 20.8 Å².